The van der Waals surface area contributed by atoms with Crippen LogP contribution in [0.4, 0.5) is 0 Å². The third kappa shape index (κ3) is 1.89. The average Bonchev–Trinajstić information content (AvgIpc) is 2.20. The molecular formula is C9H6BrN3. The highest BCUT2D eigenvalue weighted by Crippen LogP contribution is 2.13. The van der Waals surface area contributed by atoms with Gasteiger partial charge in [0.1, 0.15) is 5.69 Å². The van der Waals surface area contributed by atoms with Crippen LogP contribution in [0.2, 0.25) is 0 Å². The summed E-state index contributed by atoms with van der Waals surface area (Å²) in [7, 11) is 0. The second-order valence-electron chi connectivity index (χ2n) is 2.43. The van der Waals surface area contributed by atoms with Gasteiger partial charge in [-0.3, -0.25) is 4.98 Å². The van der Waals surface area contributed by atoms with Gasteiger partial charge in [-0.25, -0.2) is 9.97 Å². The third-order valence-corrected chi connectivity index (χ3v) is 1.99. The van der Waals surface area contributed by atoms with Crippen LogP contribution in [0.3, 0.4) is 0 Å². The molecule has 0 bridgehead atoms. The molecule has 0 aliphatic rings. The third-order valence-electron chi connectivity index (χ3n) is 1.52. The van der Waals surface area contributed by atoms with Crippen LogP contribution in [0.25, 0.3) is 11.5 Å². The number of rotatable bonds is 1. The maximum Gasteiger partial charge on any atom is 0.178 e. The summed E-state index contributed by atoms with van der Waals surface area (Å²) >= 11 is 3.31. The molecule has 0 spiro atoms. The second kappa shape index (κ2) is 3.62. The fourth-order valence-electron chi connectivity index (χ4n) is 0.939. The Hall–Kier alpha value is -1.29. The van der Waals surface area contributed by atoms with E-state index < -0.39 is 0 Å². The van der Waals surface area contributed by atoms with Crippen molar-refractivity contribution in [2.75, 3.05) is 0 Å². The van der Waals surface area contributed by atoms with Gasteiger partial charge < -0.3 is 0 Å². The minimum atomic E-state index is 0.648. The number of hydrogen-bond donors (Lipinski definition) is 0. The predicted molar refractivity (Wildman–Crippen MR) is 53.0 cm³/mol. The van der Waals surface area contributed by atoms with E-state index in [0.29, 0.717) is 5.82 Å². The van der Waals surface area contributed by atoms with Crippen molar-refractivity contribution in [3.63, 3.8) is 0 Å². The minimum absolute atomic E-state index is 0.648. The summed E-state index contributed by atoms with van der Waals surface area (Å²) in [6, 6.07) is 5.57. The molecule has 0 fully saturated rings. The summed E-state index contributed by atoms with van der Waals surface area (Å²) in [6.45, 7) is 0. The van der Waals surface area contributed by atoms with E-state index in [0.717, 1.165) is 10.2 Å². The van der Waals surface area contributed by atoms with Crippen LogP contribution >= 0.6 is 15.9 Å². The molecule has 0 saturated heterocycles. The normalized spacial score (nSPS) is 9.92. The fourth-order valence-corrected chi connectivity index (χ4v) is 1.17. The number of aromatic nitrogens is 3. The summed E-state index contributed by atoms with van der Waals surface area (Å²) < 4.78 is 0.951. The summed E-state index contributed by atoms with van der Waals surface area (Å²) in [5, 5.41) is 0. The molecule has 0 saturated carbocycles. The lowest BCUT2D eigenvalue weighted by atomic mass is 10.3. The molecule has 0 radical (unpaired) electrons. The lowest BCUT2D eigenvalue weighted by Gasteiger charge is -1.96. The highest BCUT2D eigenvalue weighted by molar-refractivity contribution is 9.10. The molecule has 0 N–H and O–H groups in total. The molecular weight excluding hydrogens is 230 g/mol. The Morgan fingerprint density at radius 2 is 1.77 bits per heavy atom. The Bertz CT molecular complexity index is 385. The zero-order chi connectivity index (χ0) is 9.10. The van der Waals surface area contributed by atoms with E-state index in [4.69, 9.17) is 0 Å². The van der Waals surface area contributed by atoms with Crippen LogP contribution in [-0.2, 0) is 0 Å². The highest BCUT2D eigenvalue weighted by atomic mass is 79.9. The second-order valence-corrected chi connectivity index (χ2v) is 3.35. The quantitative estimate of drug-likeness (QED) is 0.762. The van der Waals surface area contributed by atoms with Gasteiger partial charge in [-0.2, -0.15) is 0 Å². The van der Waals surface area contributed by atoms with Crippen molar-refractivity contribution in [3.05, 3.63) is 41.3 Å². The molecule has 13 heavy (non-hydrogen) atoms. The van der Waals surface area contributed by atoms with Gasteiger partial charge in [-0.15, -0.1) is 0 Å². The van der Waals surface area contributed by atoms with Crippen molar-refractivity contribution in [2.45, 2.75) is 0 Å². The van der Waals surface area contributed by atoms with Crippen molar-refractivity contribution in [1.29, 1.82) is 0 Å². The van der Waals surface area contributed by atoms with E-state index in [2.05, 4.69) is 30.9 Å². The smallest absolute Gasteiger partial charge is 0.178 e. The number of hydrogen-bond acceptors (Lipinski definition) is 3. The van der Waals surface area contributed by atoms with E-state index in [1.54, 1.807) is 24.7 Å². The van der Waals surface area contributed by atoms with Gasteiger partial charge in [-0.1, -0.05) is 0 Å². The Balaban J connectivity index is 2.42. The van der Waals surface area contributed by atoms with Crippen molar-refractivity contribution in [2.24, 2.45) is 0 Å². The van der Waals surface area contributed by atoms with Crippen LogP contribution in [0.5, 0.6) is 0 Å². The zero-order valence-electron chi connectivity index (χ0n) is 6.68. The molecule has 0 amide bonds. The molecule has 0 aromatic carbocycles. The van der Waals surface area contributed by atoms with Crippen LogP contribution in [0.15, 0.2) is 41.3 Å². The summed E-state index contributed by atoms with van der Waals surface area (Å²) in [5.74, 6) is 0.648. The average molecular weight is 236 g/mol. The Kier molecular flexibility index (Phi) is 2.31. The molecule has 0 aliphatic carbocycles. The van der Waals surface area contributed by atoms with Gasteiger partial charge in [0.15, 0.2) is 5.82 Å². The van der Waals surface area contributed by atoms with Gasteiger partial charge in [-0.05, 0) is 34.1 Å². The molecule has 2 aromatic rings. The van der Waals surface area contributed by atoms with Crippen LogP contribution in [-0.4, -0.2) is 15.0 Å². The SMILES string of the molecule is Brc1ccc(-c2ncccn2)nc1. The van der Waals surface area contributed by atoms with Crippen molar-refractivity contribution >= 4 is 15.9 Å². The van der Waals surface area contributed by atoms with Gasteiger partial charge in [0.05, 0.1) is 0 Å². The topological polar surface area (TPSA) is 38.7 Å². The van der Waals surface area contributed by atoms with Crippen LogP contribution in [0.1, 0.15) is 0 Å². The summed E-state index contributed by atoms with van der Waals surface area (Å²) in [6.07, 6.45) is 5.13. The first kappa shape index (κ1) is 8.31. The first-order chi connectivity index (χ1) is 6.36. The van der Waals surface area contributed by atoms with Gasteiger partial charge in [0.2, 0.25) is 0 Å². The molecule has 2 aromatic heterocycles. The Labute approximate surface area is 84.0 Å². The number of halogens is 1. The Morgan fingerprint density at radius 3 is 2.38 bits per heavy atom. The van der Waals surface area contributed by atoms with E-state index in [-0.39, 0.29) is 0 Å². The minimum Gasteiger partial charge on any atom is -0.252 e. The number of nitrogens with zero attached hydrogens (tertiary/aromatic N) is 3. The van der Waals surface area contributed by atoms with E-state index in [1.807, 2.05) is 12.1 Å². The van der Waals surface area contributed by atoms with Crippen molar-refractivity contribution in [1.82, 2.24) is 15.0 Å². The van der Waals surface area contributed by atoms with E-state index >= 15 is 0 Å². The van der Waals surface area contributed by atoms with Crippen LogP contribution < -0.4 is 0 Å². The monoisotopic (exact) mass is 235 g/mol. The largest absolute Gasteiger partial charge is 0.252 e. The molecule has 4 heteroatoms. The molecule has 0 unspecified atom stereocenters. The first-order valence-corrected chi connectivity index (χ1v) is 4.54. The Morgan fingerprint density at radius 1 is 1.00 bits per heavy atom. The molecule has 0 aliphatic heterocycles. The van der Waals surface area contributed by atoms with Crippen molar-refractivity contribution < 1.29 is 0 Å². The lowest BCUT2D eigenvalue weighted by Crippen LogP contribution is -1.88. The maximum atomic E-state index is 4.18. The molecule has 0 atom stereocenters. The first-order valence-electron chi connectivity index (χ1n) is 3.75. The summed E-state index contributed by atoms with van der Waals surface area (Å²) in [5.41, 5.74) is 0.781. The zero-order valence-corrected chi connectivity index (χ0v) is 8.27. The lowest BCUT2D eigenvalue weighted by molar-refractivity contribution is 1.14. The molecule has 2 rings (SSSR count). The summed E-state index contributed by atoms with van der Waals surface area (Å²) in [4.78, 5) is 12.4. The van der Waals surface area contributed by atoms with Gasteiger partial charge in [0.25, 0.3) is 0 Å². The fraction of sp³-hybridized carbons (Fsp3) is 0. The molecule has 3 nitrogen and oxygen atoms in total. The maximum absolute atomic E-state index is 4.18. The van der Waals surface area contributed by atoms with E-state index in [1.165, 1.54) is 0 Å². The molecule has 64 valence electrons. The molecule has 2 heterocycles. The van der Waals surface area contributed by atoms with Crippen LogP contribution in [0, 0.1) is 0 Å². The van der Waals surface area contributed by atoms with Crippen molar-refractivity contribution in [3.8, 4) is 11.5 Å². The number of pyridine rings is 1. The van der Waals surface area contributed by atoms with Gasteiger partial charge in [0, 0.05) is 23.1 Å². The van der Waals surface area contributed by atoms with Gasteiger partial charge >= 0.3 is 0 Å². The van der Waals surface area contributed by atoms with E-state index in [9.17, 15) is 0 Å². The predicted octanol–water partition coefficient (Wildman–Crippen LogP) is 2.30. The standard InChI is InChI=1S/C9H6BrN3/c10-7-2-3-8(13-6-7)9-11-4-1-5-12-9/h1-6H. The highest BCUT2D eigenvalue weighted by Gasteiger charge is 1.99.